The maximum atomic E-state index is 10.7. The van der Waals surface area contributed by atoms with Gasteiger partial charge in [-0.25, -0.2) is 0 Å². The normalized spacial score (nSPS) is 12.7. The summed E-state index contributed by atoms with van der Waals surface area (Å²) < 4.78 is 0. The van der Waals surface area contributed by atoms with Crippen molar-refractivity contribution in [1.82, 2.24) is 0 Å². The fourth-order valence-corrected chi connectivity index (χ4v) is 3.51. The predicted octanol–water partition coefficient (Wildman–Crippen LogP) is 5.89. The molecule has 1 nitrogen and oxygen atoms in total. The van der Waals surface area contributed by atoms with Crippen molar-refractivity contribution in [3.05, 3.63) is 28.8 Å². The molecule has 0 saturated heterocycles. The van der Waals surface area contributed by atoms with Crippen molar-refractivity contribution >= 4 is 23.4 Å². The van der Waals surface area contributed by atoms with E-state index in [9.17, 15) is 5.11 Å². The molecule has 0 heterocycles. The van der Waals surface area contributed by atoms with Crippen molar-refractivity contribution in [3.63, 3.8) is 0 Å². The quantitative estimate of drug-likeness (QED) is 0.513. The molecule has 0 aliphatic carbocycles. The van der Waals surface area contributed by atoms with Crippen molar-refractivity contribution in [2.45, 2.75) is 65.2 Å². The Morgan fingerprint density at radius 1 is 0.955 bits per heavy atom. The van der Waals surface area contributed by atoms with Crippen LogP contribution in [0.3, 0.4) is 0 Å². The van der Waals surface area contributed by atoms with E-state index in [2.05, 4.69) is 53.7 Å². The molecule has 0 amide bonds. The Hall–Kier alpha value is -0.340. The molecule has 1 aromatic rings. The second-order valence-electron chi connectivity index (χ2n) is 7.94. The molecule has 0 spiro atoms. The minimum atomic E-state index is -0.0481. The lowest BCUT2D eigenvalue weighted by atomic mass is 9.78. The summed E-state index contributed by atoms with van der Waals surface area (Å²) in [6, 6.07) is 4.38. The first-order valence-corrected chi connectivity index (χ1v) is 9.77. The molecule has 3 heteroatoms. The van der Waals surface area contributed by atoms with Gasteiger partial charge in [-0.15, -0.1) is 11.6 Å². The lowest BCUT2D eigenvalue weighted by Gasteiger charge is -2.28. The zero-order valence-electron chi connectivity index (χ0n) is 14.9. The number of rotatable bonds is 6. The highest BCUT2D eigenvalue weighted by atomic mass is 35.5. The minimum absolute atomic E-state index is 0.0481. The summed E-state index contributed by atoms with van der Waals surface area (Å²) in [4.78, 5) is 0. The molecule has 0 aliphatic heterocycles. The van der Waals surface area contributed by atoms with Crippen LogP contribution in [0.15, 0.2) is 12.1 Å². The molecule has 0 bridgehead atoms. The maximum Gasteiger partial charge on any atom is 0.123 e. The van der Waals surface area contributed by atoms with Gasteiger partial charge in [0, 0.05) is 11.6 Å². The van der Waals surface area contributed by atoms with Gasteiger partial charge in [0.25, 0.3) is 0 Å². The molecular formula is C19H31ClOS. The molecule has 0 aromatic heterocycles. The number of phenols is 1. The van der Waals surface area contributed by atoms with Crippen LogP contribution in [0, 0.1) is 0 Å². The van der Waals surface area contributed by atoms with Crippen molar-refractivity contribution in [2.75, 3.05) is 17.4 Å². The zero-order valence-corrected chi connectivity index (χ0v) is 16.5. The van der Waals surface area contributed by atoms with Crippen LogP contribution in [0.1, 0.15) is 64.7 Å². The standard InChI is InChI=1S/C19H31ClOS/c1-18(2,3)15-12-14(8-7-10-22-11-9-20)13-16(17(15)21)19(4,5)6/h12-13,21H,7-11H2,1-6H3. The highest BCUT2D eigenvalue weighted by molar-refractivity contribution is 7.99. The summed E-state index contributed by atoms with van der Waals surface area (Å²) in [6.07, 6.45) is 2.21. The number of halogens is 1. The van der Waals surface area contributed by atoms with Crippen LogP contribution in [0.4, 0.5) is 0 Å². The summed E-state index contributed by atoms with van der Waals surface area (Å²) in [5, 5.41) is 10.7. The first-order valence-electron chi connectivity index (χ1n) is 8.08. The zero-order chi connectivity index (χ0) is 17.0. The van der Waals surface area contributed by atoms with Gasteiger partial charge < -0.3 is 5.11 Å². The van der Waals surface area contributed by atoms with Crippen LogP contribution in [-0.2, 0) is 17.3 Å². The lowest BCUT2D eigenvalue weighted by molar-refractivity contribution is 0.422. The molecule has 22 heavy (non-hydrogen) atoms. The monoisotopic (exact) mass is 342 g/mol. The van der Waals surface area contributed by atoms with E-state index in [0.717, 1.165) is 41.4 Å². The third-order valence-electron chi connectivity index (χ3n) is 3.76. The van der Waals surface area contributed by atoms with E-state index >= 15 is 0 Å². The predicted molar refractivity (Wildman–Crippen MR) is 102 cm³/mol. The number of benzene rings is 1. The van der Waals surface area contributed by atoms with Crippen molar-refractivity contribution in [3.8, 4) is 5.75 Å². The topological polar surface area (TPSA) is 20.2 Å². The average molecular weight is 343 g/mol. The largest absolute Gasteiger partial charge is 0.507 e. The summed E-state index contributed by atoms with van der Waals surface area (Å²) in [6.45, 7) is 13.0. The maximum absolute atomic E-state index is 10.7. The Bertz CT molecular complexity index is 448. The molecule has 0 radical (unpaired) electrons. The Labute approximate surface area is 145 Å². The van der Waals surface area contributed by atoms with Crippen LogP contribution < -0.4 is 0 Å². The van der Waals surface area contributed by atoms with Gasteiger partial charge in [-0.3, -0.25) is 0 Å². The van der Waals surface area contributed by atoms with Crippen LogP contribution in [0.5, 0.6) is 5.75 Å². The molecule has 0 atom stereocenters. The van der Waals surface area contributed by atoms with Gasteiger partial charge in [0.1, 0.15) is 5.75 Å². The molecule has 1 aromatic carbocycles. The van der Waals surface area contributed by atoms with Crippen LogP contribution >= 0.6 is 23.4 Å². The van der Waals surface area contributed by atoms with E-state index in [1.54, 1.807) is 0 Å². The van der Waals surface area contributed by atoms with Gasteiger partial charge >= 0.3 is 0 Å². The van der Waals surface area contributed by atoms with Crippen LogP contribution in [0.2, 0.25) is 0 Å². The number of hydrogen-bond donors (Lipinski definition) is 1. The molecule has 1 rings (SSSR count). The molecule has 126 valence electrons. The van der Waals surface area contributed by atoms with Gasteiger partial charge in [-0.1, -0.05) is 53.7 Å². The van der Waals surface area contributed by atoms with E-state index in [0.29, 0.717) is 5.75 Å². The number of hydrogen-bond acceptors (Lipinski definition) is 2. The highest BCUT2D eigenvalue weighted by Crippen LogP contribution is 2.40. The van der Waals surface area contributed by atoms with Gasteiger partial charge in [0.15, 0.2) is 0 Å². The lowest BCUT2D eigenvalue weighted by Crippen LogP contribution is -2.18. The van der Waals surface area contributed by atoms with Gasteiger partial charge in [-0.2, -0.15) is 11.8 Å². The smallest absolute Gasteiger partial charge is 0.123 e. The second-order valence-corrected chi connectivity index (χ2v) is 9.55. The highest BCUT2D eigenvalue weighted by Gasteiger charge is 2.26. The van der Waals surface area contributed by atoms with Crippen LogP contribution in [-0.4, -0.2) is 22.5 Å². The molecule has 1 N–H and O–H groups in total. The van der Waals surface area contributed by atoms with Crippen LogP contribution in [0.25, 0.3) is 0 Å². The molecule has 0 unspecified atom stereocenters. The first-order chi connectivity index (χ1) is 10.1. The van der Waals surface area contributed by atoms with Crippen molar-refractivity contribution in [1.29, 1.82) is 0 Å². The molecule has 0 fully saturated rings. The first kappa shape index (κ1) is 19.7. The third kappa shape index (κ3) is 5.70. The summed E-state index contributed by atoms with van der Waals surface area (Å²) in [5.41, 5.74) is 3.35. The van der Waals surface area contributed by atoms with Gasteiger partial charge in [0.05, 0.1) is 0 Å². The number of aryl methyl sites for hydroxylation is 1. The Morgan fingerprint density at radius 2 is 1.45 bits per heavy atom. The number of phenolic OH excluding ortho intramolecular Hbond substituents is 1. The Morgan fingerprint density at radius 3 is 1.86 bits per heavy atom. The van der Waals surface area contributed by atoms with Gasteiger partial charge in [0.2, 0.25) is 0 Å². The van der Waals surface area contributed by atoms with E-state index in [1.807, 2.05) is 11.8 Å². The van der Waals surface area contributed by atoms with E-state index in [4.69, 9.17) is 11.6 Å². The number of thioether (sulfide) groups is 1. The number of aromatic hydroxyl groups is 1. The summed E-state index contributed by atoms with van der Waals surface area (Å²) in [5.74, 6) is 3.37. The van der Waals surface area contributed by atoms with Crippen molar-refractivity contribution in [2.24, 2.45) is 0 Å². The summed E-state index contributed by atoms with van der Waals surface area (Å²) in [7, 11) is 0. The molecule has 0 aliphatic rings. The molecule has 0 saturated carbocycles. The number of alkyl halides is 1. The third-order valence-corrected chi connectivity index (χ3v) is 5.24. The minimum Gasteiger partial charge on any atom is -0.507 e. The summed E-state index contributed by atoms with van der Waals surface area (Å²) >= 11 is 7.62. The van der Waals surface area contributed by atoms with E-state index < -0.39 is 0 Å². The molecular weight excluding hydrogens is 312 g/mol. The van der Waals surface area contributed by atoms with Crippen molar-refractivity contribution < 1.29 is 5.11 Å². The fraction of sp³-hybridized carbons (Fsp3) is 0.684. The van der Waals surface area contributed by atoms with E-state index in [-0.39, 0.29) is 10.8 Å². The van der Waals surface area contributed by atoms with Gasteiger partial charge in [-0.05, 0) is 46.1 Å². The second kappa shape index (κ2) is 7.97. The van der Waals surface area contributed by atoms with E-state index in [1.165, 1.54) is 5.56 Å². The average Bonchev–Trinajstić information content (AvgIpc) is 2.37. The fourth-order valence-electron chi connectivity index (χ4n) is 2.52. The Kier molecular flexibility index (Phi) is 7.14. The Balaban J connectivity index is 3.03. The SMILES string of the molecule is CC(C)(C)c1cc(CCCSCCCl)cc(C(C)(C)C)c1O.